The van der Waals surface area contributed by atoms with Crippen LogP contribution in [0, 0.1) is 0 Å². The Labute approximate surface area is 130 Å². The molecular weight excluding hydrogens is 308 g/mol. The Kier molecular flexibility index (Phi) is 3.11. The highest BCUT2D eigenvalue weighted by Gasteiger charge is 2.28. The van der Waals surface area contributed by atoms with Crippen molar-refractivity contribution in [2.24, 2.45) is 0 Å². The van der Waals surface area contributed by atoms with Crippen molar-refractivity contribution in [3.8, 4) is 0 Å². The molecule has 4 rings (SSSR count). The van der Waals surface area contributed by atoms with Crippen molar-refractivity contribution in [1.82, 2.24) is 29.9 Å². The zero-order chi connectivity index (χ0) is 14.4. The molecule has 0 radical (unpaired) electrons. The Bertz CT molecular complexity index is 806. The first-order valence-electron chi connectivity index (χ1n) is 6.94. The predicted molar refractivity (Wildman–Crippen MR) is 80.7 cm³/mol. The van der Waals surface area contributed by atoms with E-state index in [1.807, 2.05) is 0 Å². The molecule has 21 heavy (non-hydrogen) atoms. The molecule has 1 saturated carbocycles. The molecule has 0 amide bonds. The number of nitrogens with zero attached hydrogens (tertiary/aromatic N) is 6. The summed E-state index contributed by atoms with van der Waals surface area (Å²) in [6.07, 6.45) is 3.22. The Morgan fingerprint density at radius 2 is 2.19 bits per heavy atom. The van der Waals surface area contributed by atoms with Gasteiger partial charge < -0.3 is 0 Å². The molecule has 1 aliphatic rings. The lowest BCUT2D eigenvalue weighted by Crippen LogP contribution is -2.05. The van der Waals surface area contributed by atoms with Gasteiger partial charge in [0.15, 0.2) is 16.3 Å². The number of rotatable bonds is 4. The maximum absolute atomic E-state index is 6.20. The highest BCUT2D eigenvalue weighted by Crippen LogP contribution is 2.39. The van der Waals surface area contributed by atoms with Gasteiger partial charge in [0.25, 0.3) is 0 Å². The number of aryl methyl sites for hydroxylation is 1. The molecule has 1 fully saturated rings. The molecule has 0 spiro atoms. The van der Waals surface area contributed by atoms with Gasteiger partial charge in [-0.15, -0.1) is 16.4 Å². The van der Waals surface area contributed by atoms with Crippen LogP contribution >= 0.6 is 22.9 Å². The van der Waals surface area contributed by atoms with E-state index in [9.17, 15) is 0 Å². The third-order valence-electron chi connectivity index (χ3n) is 3.49. The van der Waals surface area contributed by atoms with Crippen molar-refractivity contribution in [3.05, 3.63) is 27.1 Å². The molecule has 3 heterocycles. The van der Waals surface area contributed by atoms with Gasteiger partial charge in [-0.3, -0.25) is 0 Å². The molecule has 0 N–H and O–H groups in total. The first-order valence-corrected chi connectivity index (χ1v) is 8.20. The standard InChI is InChI=1S/C13H13ClN6S/c1-2-9-15-8(6-21-9)5-20-13-10(18-19-20)11(14)16-12(17-13)7-3-4-7/h6-7H,2-5H2,1H3. The lowest BCUT2D eigenvalue weighted by molar-refractivity contribution is 0.652. The largest absolute Gasteiger partial charge is 0.244 e. The quantitative estimate of drug-likeness (QED) is 0.691. The predicted octanol–water partition coefficient (Wildman–Crippen LogP) is 2.82. The monoisotopic (exact) mass is 320 g/mol. The minimum absolute atomic E-state index is 0.390. The summed E-state index contributed by atoms with van der Waals surface area (Å²) in [5, 5.41) is 11.8. The maximum Gasteiger partial charge on any atom is 0.183 e. The SMILES string of the molecule is CCc1nc(Cn2nnc3c(Cl)nc(C4CC4)nc32)cs1. The van der Waals surface area contributed by atoms with Crippen LogP contribution in [0.2, 0.25) is 5.15 Å². The highest BCUT2D eigenvalue weighted by molar-refractivity contribution is 7.09. The van der Waals surface area contributed by atoms with Gasteiger partial charge in [-0.2, -0.15) is 0 Å². The van der Waals surface area contributed by atoms with Crippen LogP contribution in [-0.4, -0.2) is 29.9 Å². The Morgan fingerprint density at radius 1 is 1.33 bits per heavy atom. The van der Waals surface area contributed by atoms with Crippen molar-refractivity contribution in [2.45, 2.75) is 38.6 Å². The summed E-state index contributed by atoms with van der Waals surface area (Å²) in [5.74, 6) is 1.25. The molecule has 3 aromatic heterocycles. The molecule has 0 unspecified atom stereocenters. The van der Waals surface area contributed by atoms with Gasteiger partial charge in [0.05, 0.1) is 17.2 Å². The summed E-state index contributed by atoms with van der Waals surface area (Å²) < 4.78 is 1.75. The topological polar surface area (TPSA) is 69.4 Å². The van der Waals surface area contributed by atoms with E-state index in [0.717, 1.165) is 35.8 Å². The molecule has 0 aliphatic heterocycles. The van der Waals surface area contributed by atoms with Crippen LogP contribution in [0.5, 0.6) is 0 Å². The Hall–Kier alpha value is -1.60. The smallest absolute Gasteiger partial charge is 0.183 e. The Morgan fingerprint density at radius 3 is 2.90 bits per heavy atom. The van der Waals surface area contributed by atoms with Gasteiger partial charge in [0.1, 0.15) is 5.82 Å². The van der Waals surface area contributed by atoms with Gasteiger partial charge in [-0.05, 0) is 19.3 Å². The molecule has 1 aliphatic carbocycles. The van der Waals surface area contributed by atoms with Gasteiger partial charge >= 0.3 is 0 Å². The number of aromatic nitrogens is 6. The zero-order valence-electron chi connectivity index (χ0n) is 11.5. The summed E-state index contributed by atoms with van der Waals surface area (Å²) in [6.45, 7) is 2.66. The average molecular weight is 321 g/mol. The van der Waals surface area contributed by atoms with E-state index >= 15 is 0 Å². The van der Waals surface area contributed by atoms with Crippen LogP contribution in [0.4, 0.5) is 0 Å². The third-order valence-corrected chi connectivity index (χ3v) is 4.80. The van der Waals surface area contributed by atoms with E-state index in [4.69, 9.17) is 11.6 Å². The number of hydrogen-bond donors (Lipinski definition) is 0. The summed E-state index contributed by atoms with van der Waals surface area (Å²) >= 11 is 7.86. The van der Waals surface area contributed by atoms with Gasteiger partial charge in [0.2, 0.25) is 0 Å². The van der Waals surface area contributed by atoms with Crippen molar-refractivity contribution in [1.29, 1.82) is 0 Å². The highest BCUT2D eigenvalue weighted by atomic mass is 35.5. The fourth-order valence-corrected chi connectivity index (χ4v) is 3.15. The molecule has 3 aromatic rings. The summed E-state index contributed by atoms with van der Waals surface area (Å²) in [5.41, 5.74) is 2.24. The second-order valence-electron chi connectivity index (χ2n) is 5.15. The first kappa shape index (κ1) is 13.1. The van der Waals surface area contributed by atoms with Gasteiger partial charge in [-0.25, -0.2) is 19.6 Å². The van der Waals surface area contributed by atoms with Crippen LogP contribution < -0.4 is 0 Å². The molecule has 6 nitrogen and oxygen atoms in total. The normalized spacial score (nSPS) is 15.0. The molecule has 0 bridgehead atoms. The molecule has 0 aromatic carbocycles. The van der Waals surface area contributed by atoms with Gasteiger partial charge in [0, 0.05) is 11.3 Å². The zero-order valence-corrected chi connectivity index (χ0v) is 13.0. The van der Waals surface area contributed by atoms with E-state index in [1.165, 1.54) is 0 Å². The number of fused-ring (bicyclic) bond motifs is 1. The molecular formula is C13H13ClN6S. The second-order valence-corrected chi connectivity index (χ2v) is 6.45. The minimum Gasteiger partial charge on any atom is -0.244 e. The lowest BCUT2D eigenvalue weighted by atomic mass is 10.4. The average Bonchev–Trinajstić information content (AvgIpc) is 3.11. The fraction of sp³-hybridized carbons (Fsp3) is 0.462. The fourth-order valence-electron chi connectivity index (χ4n) is 2.21. The number of hydrogen-bond acceptors (Lipinski definition) is 6. The lowest BCUT2D eigenvalue weighted by Gasteiger charge is -2.01. The van der Waals surface area contributed by atoms with Gasteiger partial charge in [-0.1, -0.05) is 23.7 Å². The summed E-state index contributed by atoms with van der Waals surface area (Å²) in [4.78, 5) is 13.5. The summed E-state index contributed by atoms with van der Waals surface area (Å²) in [7, 11) is 0. The van der Waals surface area contributed by atoms with E-state index < -0.39 is 0 Å². The van der Waals surface area contributed by atoms with E-state index in [2.05, 4.69) is 37.6 Å². The van der Waals surface area contributed by atoms with Crippen LogP contribution in [0.1, 0.15) is 42.2 Å². The third kappa shape index (κ3) is 2.40. The van der Waals surface area contributed by atoms with Crippen LogP contribution in [0.15, 0.2) is 5.38 Å². The van der Waals surface area contributed by atoms with E-state index in [0.29, 0.717) is 28.8 Å². The second kappa shape index (κ2) is 4.99. The molecule has 0 atom stereocenters. The van der Waals surface area contributed by atoms with Crippen LogP contribution in [0.3, 0.4) is 0 Å². The maximum atomic E-state index is 6.20. The van der Waals surface area contributed by atoms with E-state index in [-0.39, 0.29) is 0 Å². The number of thiazole rings is 1. The van der Waals surface area contributed by atoms with Crippen molar-refractivity contribution in [2.75, 3.05) is 0 Å². The Balaban J connectivity index is 1.74. The minimum atomic E-state index is 0.390. The van der Waals surface area contributed by atoms with Crippen molar-refractivity contribution in [3.63, 3.8) is 0 Å². The van der Waals surface area contributed by atoms with Crippen molar-refractivity contribution >= 4 is 34.1 Å². The van der Waals surface area contributed by atoms with Crippen LogP contribution in [-0.2, 0) is 13.0 Å². The molecule has 108 valence electrons. The molecule has 8 heteroatoms. The first-order chi connectivity index (χ1) is 10.2. The summed E-state index contributed by atoms with van der Waals surface area (Å²) in [6, 6.07) is 0. The number of halogens is 1. The molecule has 0 saturated heterocycles. The van der Waals surface area contributed by atoms with Crippen LogP contribution in [0.25, 0.3) is 11.2 Å². The van der Waals surface area contributed by atoms with Crippen molar-refractivity contribution < 1.29 is 0 Å². The van der Waals surface area contributed by atoms with E-state index in [1.54, 1.807) is 16.0 Å².